The zero-order valence-electron chi connectivity index (χ0n) is 7.46. The molecule has 1 aromatic carbocycles. The maximum absolute atomic E-state index is 13.1. The van der Waals surface area contributed by atoms with Crippen molar-refractivity contribution in [2.75, 3.05) is 13.1 Å². The van der Waals surface area contributed by atoms with Crippen molar-refractivity contribution in [3.05, 3.63) is 29.6 Å². The smallest absolute Gasteiger partial charge is 0.144 e. The highest BCUT2D eigenvalue weighted by molar-refractivity contribution is 5.44. The highest BCUT2D eigenvalue weighted by Crippen LogP contribution is 2.22. The van der Waals surface area contributed by atoms with Gasteiger partial charge in [0, 0.05) is 13.1 Å². The molecule has 1 aromatic rings. The third kappa shape index (κ3) is 1.54. The summed E-state index contributed by atoms with van der Waals surface area (Å²) in [6, 6.07) is 6.20. The van der Waals surface area contributed by atoms with Gasteiger partial charge in [0.05, 0.1) is 0 Å². The van der Waals surface area contributed by atoms with E-state index in [1.807, 2.05) is 0 Å². The maximum atomic E-state index is 13.1. The predicted molar refractivity (Wildman–Crippen MR) is 48.4 cm³/mol. The first kappa shape index (κ1) is 8.97. The molecule has 72 valence electrons. The van der Waals surface area contributed by atoms with Gasteiger partial charge in [0.1, 0.15) is 29.3 Å². The lowest BCUT2D eigenvalue weighted by Gasteiger charge is -2.28. The summed E-state index contributed by atoms with van der Waals surface area (Å²) < 4.78 is 18.5. The molecule has 0 bridgehead atoms. The van der Waals surface area contributed by atoms with Gasteiger partial charge in [-0.2, -0.15) is 5.26 Å². The molecule has 0 radical (unpaired) electrons. The molecule has 1 fully saturated rings. The van der Waals surface area contributed by atoms with E-state index in [0.717, 1.165) is 13.1 Å². The van der Waals surface area contributed by atoms with Crippen LogP contribution in [0.4, 0.5) is 4.39 Å². The van der Waals surface area contributed by atoms with Crippen molar-refractivity contribution in [2.24, 2.45) is 0 Å². The molecule has 0 aromatic heterocycles. The number of nitrogens with one attached hydrogen (secondary N) is 1. The van der Waals surface area contributed by atoms with Crippen LogP contribution in [0.5, 0.6) is 5.75 Å². The number of hydrogen-bond donors (Lipinski definition) is 1. The van der Waals surface area contributed by atoms with Crippen LogP contribution in [0.1, 0.15) is 5.56 Å². The Hall–Kier alpha value is -1.60. The summed E-state index contributed by atoms with van der Waals surface area (Å²) in [6.45, 7) is 1.50. The van der Waals surface area contributed by atoms with Gasteiger partial charge < -0.3 is 10.1 Å². The zero-order chi connectivity index (χ0) is 9.97. The van der Waals surface area contributed by atoms with E-state index in [1.54, 1.807) is 12.1 Å². The van der Waals surface area contributed by atoms with Crippen molar-refractivity contribution in [2.45, 2.75) is 6.10 Å². The van der Waals surface area contributed by atoms with Gasteiger partial charge in [-0.3, -0.25) is 0 Å². The predicted octanol–water partition coefficient (Wildman–Crippen LogP) is 1.05. The van der Waals surface area contributed by atoms with E-state index in [-0.39, 0.29) is 11.7 Å². The Kier molecular flexibility index (Phi) is 2.33. The molecule has 0 unspecified atom stereocenters. The average Bonchev–Trinajstić information content (AvgIpc) is 2.11. The molecule has 0 spiro atoms. The maximum Gasteiger partial charge on any atom is 0.144 e. The number of rotatable bonds is 2. The van der Waals surface area contributed by atoms with Crippen LogP contribution >= 0.6 is 0 Å². The Labute approximate surface area is 81.1 Å². The van der Waals surface area contributed by atoms with Crippen LogP contribution in [-0.4, -0.2) is 19.2 Å². The van der Waals surface area contributed by atoms with Crippen molar-refractivity contribution in [3.63, 3.8) is 0 Å². The minimum atomic E-state index is -0.530. The van der Waals surface area contributed by atoms with Gasteiger partial charge in [-0.15, -0.1) is 0 Å². The fraction of sp³-hybridized carbons (Fsp3) is 0.300. The minimum Gasteiger partial charge on any atom is -0.486 e. The lowest BCUT2D eigenvalue weighted by atomic mass is 10.2. The van der Waals surface area contributed by atoms with E-state index >= 15 is 0 Å². The molecule has 1 aliphatic rings. The molecule has 1 N–H and O–H groups in total. The van der Waals surface area contributed by atoms with Crippen molar-refractivity contribution in [1.29, 1.82) is 5.26 Å². The molecule has 4 heteroatoms. The first-order valence-electron chi connectivity index (χ1n) is 4.37. The molecule has 14 heavy (non-hydrogen) atoms. The number of hydrogen-bond acceptors (Lipinski definition) is 3. The number of nitriles is 1. The number of benzene rings is 1. The summed E-state index contributed by atoms with van der Waals surface area (Å²) in [4.78, 5) is 0. The molecule has 0 amide bonds. The van der Waals surface area contributed by atoms with Crippen LogP contribution in [0, 0.1) is 17.1 Å². The van der Waals surface area contributed by atoms with Gasteiger partial charge in [-0.1, -0.05) is 6.07 Å². The third-order valence-electron chi connectivity index (χ3n) is 2.12. The molecule has 0 atom stereocenters. The quantitative estimate of drug-likeness (QED) is 0.761. The summed E-state index contributed by atoms with van der Waals surface area (Å²) in [5.74, 6) is -0.198. The molecule has 1 heterocycles. The normalized spacial score (nSPS) is 15.7. The van der Waals surface area contributed by atoms with Gasteiger partial charge >= 0.3 is 0 Å². The van der Waals surface area contributed by atoms with Crippen LogP contribution in [0.2, 0.25) is 0 Å². The SMILES string of the molecule is N#Cc1c(F)cccc1OC1CNC1. The molecule has 3 nitrogen and oxygen atoms in total. The van der Waals surface area contributed by atoms with Crippen LogP contribution in [-0.2, 0) is 0 Å². The standard InChI is InChI=1S/C10H9FN2O/c11-9-2-1-3-10(8(9)4-12)14-7-5-13-6-7/h1-3,7,13H,5-6H2. The van der Waals surface area contributed by atoms with Gasteiger partial charge in [-0.05, 0) is 12.1 Å². The fourth-order valence-corrected chi connectivity index (χ4v) is 1.24. The van der Waals surface area contributed by atoms with Crippen LogP contribution in [0.3, 0.4) is 0 Å². The van der Waals surface area contributed by atoms with E-state index in [1.165, 1.54) is 12.1 Å². The summed E-state index contributed by atoms with van der Waals surface area (Å²) >= 11 is 0. The fourth-order valence-electron chi connectivity index (χ4n) is 1.24. The highest BCUT2D eigenvalue weighted by atomic mass is 19.1. The van der Waals surface area contributed by atoms with E-state index in [2.05, 4.69) is 5.32 Å². The lowest BCUT2D eigenvalue weighted by Crippen LogP contribution is -2.50. The van der Waals surface area contributed by atoms with E-state index in [9.17, 15) is 4.39 Å². The highest BCUT2D eigenvalue weighted by Gasteiger charge is 2.20. The summed E-state index contributed by atoms with van der Waals surface area (Å²) in [5.41, 5.74) is -0.0144. The van der Waals surface area contributed by atoms with Gasteiger partial charge in [0.2, 0.25) is 0 Å². The lowest BCUT2D eigenvalue weighted by molar-refractivity contribution is 0.141. The summed E-state index contributed by atoms with van der Waals surface area (Å²) in [7, 11) is 0. The Morgan fingerprint density at radius 2 is 2.29 bits per heavy atom. The number of ether oxygens (including phenoxy) is 1. The summed E-state index contributed by atoms with van der Waals surface area (Å²) in [5, 5.41) is 11.7. The average molecular weight is 192 g/mol. The Morgan fingerprint density at radius 1 is 1.50 bits per heavy atom. The molecule has 0 aliphatic carbocycles. The first-order chi connectivity index (χ1) is 6.81. The Balaban J connectivity index is 2.23. The number of nitrogens with zero attached hydrogens (tertiary/aromatic N) is 1. The van der Waals surface area contributed by atoms with E-state index in [0.29, 0.717) is 5.75 Å². The number of halogens is 1. The van der Waals surface area contributed by atoms with E-state index < -0.39 is 5.82 Å². The largest absolute Gasteiger partial charge is 0.486 e. The second kappa shape index (κ2) is 3.64. The van der Waals surface area contributed by atoms with Crippen LogP contribution < -0.4 is 10.1 Å². The van der Waals surface area contributed by atoms with E-state index in [4.69, 9.17) is 10.00 Å². The monoisotopic (exact) mass is 192 g/mol. The molecule has 1 saturated heterocycles. The molecule has 0 saturated carbocycles. The van der Waals surface area contributed by atoms with Gasteiger partial charge in [0.15, 0.2) is 0 Å². The minimum absolute atomic E-state index is 0.0144. The Morgan fingerprint density at radius 3 is 2.86 bits per heavy atom. The van der Waals surface area contributed by atoms with Crippen molar-refractivity contribution in [3.8, 4) is 11.8 Å². The first-order valence-corrected chi connectivity index (χ1v) is 4.37. The van der Waals surface area contributed by atoms with Crippen LogP contribution in [0.25, 0.3) is 0 Å². The van der Waals surface area contributed by atoms with Crippen molar-refractivity contribution < 1.29 is 9.13 Å². The molecular weight excluding hydrogens is 183 g/mol. The van der Waals surface area contributed by atoms with Crippen molar-refractivity contribution >= 4 is 0 Å². The second-order valence-corrected chi connectivity index (χ2v) is 3.12. The van der Waals surface area contributed by atoms with Gasteiger partial charge in [-0.25, -0.2) is 4.39 Å². The van der Waals surface area contributed by atoms with Crippen LogP contribution in [0.15, 0.2) is 18.2 Å². The molecule has 2 rings (SSSR count). The summed E-state index contributed by atoms with van der Waals surface area (Å²) in [6.07, 6.45) is 0.0592. The topological polar surface area (TPSA) is 45.0 Å². The zero-order valence-corrected chi connectivity index (χ0v) is 7.46. The Bertz CT molecular complexity index is 382. The van der Waals surface area contributed by atoms with Crippen molar-refractivity contribution in [1.82, 2.24) is 5.32 Å². The third-order valence-corrected chi connectivity index (χ3v) is 2.12. The second-order valence-electron chi connectivity index (χ2n) is 3.12. The molecular formula is C10H9FN2O. The van der Waals surface area contributed by atoms with Gasteiger partial charge in [0.25, 0.3) is 0 Å². The molecule has 1 aliphatic heterocycles.